The molecule has 0 spiro atoms. The van der Waals surface area contributed by atoms with Crippen molar-refractivity contribution < 1.29 is 0 Å². The number of rotatable bonds is 7. The van der Waals surface area contributed by atoms with Crippen LogP contribution in [-0.2, 0) is 6.54 Å². The molecule has 0 bridgehead atoms. The van der Waals surface area contributed by atoms with Crippen molar-refractivity contribution in [1.29, 1.82) is 0 Å². The second kappa shape index (κ2) is 8.85. The van der Waals surface area contributed by atoms with Crippen LogP contribution in [0.2, 0.25) is 0 Å². The minimum atomic E-state index is 0.231. The van der Waals surface area contributed by atoms with Crippen LogP contribution in [0.5, 0.6) is 0 Å². The maximum atomic E-state index is 6.30. The van der Waals surface area contributed by atoms with Gasteiger partial charge in [-0.05, 0) is 42.9 Å². The molecule has 29 heavy (non-hydrogen) atoms. The monoisotopic (exact) mass is 486 g/mol. The maximum Gasteiger partial charge on any atom is 0.147 e. The SMILES string of the molecule is C=CCC(Cn1c(Br)c(-c2cnc3ccccc3c2)c2c(N)ncnc21)NPP. The Morgan fingerprint density at radius 1 is 1.31 bits per heavy atom. The van der Waals surface area contributed by atoms with Gasteiger partial charge in [0.25, 0.3) is 0 Å². The molecule has 4 rings (SSSR count). The Labute approximate surface area is 181 Å². The Kier molecular flexibility index (Phi) is 6.21. The number of aromatic nitrogens is 4. The number of nitrogens with zero attached hydrogens (tertiary/aromatic N) is 4. The number of nitrogen functional groups attached to an aromatic ring is 1. The Morgan fingerprint density at radius 3 is 2.93 bits per heavy atom. The van der Waals surface area contributed by atoms with Gasteiger partial charge in [-0.3, -0.25) is 10.1 Å². The minimum absolute atomic E-state index is 0.231. The molecule has 148 valence electrons. The molecule has 1 aromatic carbocycles. The van der Waals surface area contributed by atoms with Crippen molar-refractivity contribution >= 4 is 61.0 Å². The van der Waals surface area contributed by atoms with Crippen LogP contribution in [0.25, 0.3) is 33.1 Å². The number of hydrogen-bond acceptors (Lipinski definition) is 5. The first-order valence-corrected chi connectivity index (χ1v) is 12.7. The van der Waals surface area contributed by atoms with E-state index < -0.39 is 0 Å². The summed E-state index contributed by atoms with van der Waals surface area (Å²) in [4.78, 5) is 13.4. The van der Waals surface area contributed by atoms with Crippen molar-refractivity contribution in [2.24, 2.45) is 0 Å². The molecule has 0 saturated heterocycles. The van der Waals surface area contributed by atoms with E-state index in [0.29, 0.717) is 14.2 Å². The third kappa shape index (κ3) is 3.93. The van der Waals surface area contributed by atoms with Gasteiger partial charge in [0.05, 0.1) is 15.5 Å². The van der Waals surface area contributed by atoms with E-state index in [1.807, 2.05) is 30.5 Å². The van der Waals surface area contributed by atoms with Crippen LogP contribution < -0.4 is 10.8 Å². The van der Waals surface area contributed by atoms with Gasteiger partial charge in [0.15, 0.2) is 0 Å². The lowest BCUT2D eigenvalue weighted by Crippen LogP contribution is -2.26. The fraction of sp³-hybridized carbons (Fsp3) is 0.150. The first kappa shape index (κ1) is 20.4. The van der Waals surface area contributed by atoms with E-state index in [1.165, 1.54) is 6.33 Å². The summed E-state index contributed by atoms with van der Waals surface area (Å²) in [6.07, 6.45) is 6.17. The zero-order chi connectivity index (χ0) is 20.4. The van der Waals surface area contributed by atoms with Crippen molar-refractivity contribution in [2.45, 2.75) is 19.0 Å². The average Bonchev–Trinajstić information content (AvgIpc) is 3.01. The Morgan fingerprint density at radius 2 is 2.14 bits per heavy atom. The van der Waals surface area contributed by atoms with Crippen molar-refractivity contribution in [3.05, 3.63) is 60.1 Å². The van der Waals surface area contributed by atoms with E-state index >= 15 is 0 Å². The number of hydrogen-bond donors (Lipinski definition) is 2. The summed E-state index contributed by atoms with van der Waals surface area (Å²) >= 11 is 3.82. The molecule has 6 nitrogen and oxygen atoms in total. The molecular weight excluding hydrogens is 466 g/mol. The summed E-state index contributed by atoms with van der Waals surface area (Å²) in [5.74, 6) is 0.457. The molecule has 0 aliphatic heterocycles. The molecule has 3 heterocycles. The van der Waals surface area contributed by atoms with Crippen LogP contribution in [0.1, 0.15) is 6.42 Å². The molecule has 9 heteroatoms. The molecule has 0 fully saturated rings. The Bertz CT molecular complexity index is 1190. The van der Waals surface area contributed by atoms with Crippen LogP contribution >= 0.6 is 33.3 Å². The molecule has 0 radical (unpaired) electrons. The second-order valence-corrected chi connectivity index (χ2v) is 8.86. The molecule has 0 aliphatic rings. The third-order valence-corrected chi connectivity index (χ3v) is 6.73. The van der Waals surface area contributed by atoms with Gasteiger partial charge in [-0.15, -0.1) is 6.58 Å². The van der Waals surface area contributed by atoms with Gasteiger partial charge in [-0.25, -0.2) is 9.97 Å². The predicted octanol–water partition coefficient (Wildman–Crippen LogP) is 4.91. The first-order valence-electron chi connectivity index (χ1n) is 9.09. The molecule has 3 aromatic heterocycles. The number of fused-ring (bicyclic) bond motifs is 2. The molecule has 0 amide bonds. The van der Waals surface area contributed by atoms with Crippen molar-refractivity contribution in [2.75, 3.05) is 5.73 Å². The Hall–Kier alpha value is -1.91. The highest BCUT2D eigenvalue weighted by molar-refractivity contribution is 9.10. The second-order valence-electron chi connectivity index (χ2n) is 6.66. The first-order chi connectivity index (χ1) is 14.1. The van der Waals surface area contributed by atoms with Crippen LogP contribution in [0.4, 0.5) is 5.82 Å². The van der Waals surface area contributed by atoms with Crippen molar-refractivity contribution in [1.82, 2.24) is 24.6 Å². The fourth-order valence-electron chi connectivity index (χ4n) is 3.52. The van der Waals surface area contributed by atoms with E-state index in [1.54, 1.807) is 0 Å². The highest BCUT2D eigenvalue weighted by Crippen LogP contribution is 2.40. The number of nitrogens with two attached hydrogens (primary N) is 1. The lowest BCUT2D eigenvalue weighted by molar-refractivity contribution is 0.533. The fourth-order valence-corrected chi connectivity index (χ4v) is 5.41. The molecule has 3 unspecified atom stereocenters. The van der Waals surface area contributed by atoms with Gasteiger partial charge in [-0.1, -0.05) is 33.2 Å². The summed E-state index contributed by atoms with van der Waals surface area (Å²) in [5, 5.41) is 5.41. The summed E-state index contributed by atoms with van der Waals surface area (Å²) in [7, 11) is 3.30. The van der Waals surface area contributed by atoms with Crippen molar-refractivity contribution in [3.8, 4) is 11.1 Å². The highest BCUT2D eigenvalue weighted by atomic mass is 79.9. The Balaban J connectivity index is 1.91. The summed E-state index contributed by atoms with van der Waals surface area (Å²) in [6.45, 7) is 4.61. The lowest BCUT2D eigenvalue weighted by Gasteiger charge is -2.18. The van der Waals surface area contributed by atoms with E-state index in [9.17, 15) is 0 Å². The standard InChI is InChI=1S/C20H21BrN6P2/c1-2-5-14(26-29-28)10-27-18(21)16(17-19(22)24-11-25-20(17)27)13-8-12-6-3-4-7-15(12)23-9-13/h2-4,6-9,11,14,26,29H,1,5,10,28H2,(H2,22,24,25). The molecular formula is C20H21BrN6P2. The normalized spacial score (nSPS) is 12.9. The molecule has 3 atom stereocenters. The van der Waals surface area contributed by atoms with Crippen LogP contribution in [0.3, 0.4) is 0 Å². The van der Waals surface area contributed by atoms with Crippen LogP contribution in [0, 0.1) is 0 Å². The van der Waals surface area contributed by atoms with E-state index in [4.69, 9.17) is 5.73 Å². The van der Waals surface area contributed by atoms with Gasteiger partial charge in [0.1, 0.15) is 17.8 Å². The number of benzene rings is 1. The number of halogens is 1. The van der Waals surface area contributed by atoms with Gasteiger partial charge >= 0.3 is 0 Å². The minimum Gasteiger partial charge on any atom is -0.383 e. The number of anilines is 1. The zero-order valence-electron chi connectivity index (χ0n) is 15.6. The number of pyridine rings is 1. The third-order valence-electron chi connectivity index (χ3n) is 4.83. The zero-order valence-corrected chi connectivity index (χ0v) is 19.4. The predicted molar refractivity (Wildman–Crippen MR) is 130 cm³/mol. The maximum absolute atomic E-state index is 6.30. The topological polar surface area (TPSA) is 81.7 Å². The summed E-state index contributed by atoms with van der Waals surface area (Å²) < 4.78 is 3.06. The van der Waals surface area contributed by atoms with Gasteiger partial charge in [0.2, 0.25) is 0 Å². The highest BCUT2D eigenvalue weighted by Gasteiger charge is 2.22. The van der Waals surface area contributed by atoms with Crippen molar-refractivity contribution in [3.63, 3.8) is 0 Å². The number of nitrogens with one attached hydrogen (secondary N) is 1. The van der Waals surface area contributed by atoms with E-state index in [-0.39, 0.29) is 6.04 Å². The summed E-state index contributed by atoms with van der Waals surface area (Å²) in [5.41, 5.74) is 9.99. The van der Waals surface area contributed by atoms with Gasteiger partial charge in [0, 0.05) is 35.3 Å². The quantitative estimate of drug-likeness (QED) is 0.286. The molecule has 0 saturated carbocycles. The smallest absolute Gasteiger partial charge is 0.147 e. The van der Waals surface area contributed by atoms with E-state index in [2.05, 4.69) is 68.2 Å². The van der Waals surface area contributed by atoms with Crippen LogP contribution in [-0.4, -0.2) is 25.6 Å². The van der Waals surface area contributed by atoms with E-state index in [0.717, 1.165) is 50.6 Å². The molecule has 3 N–H and O–H groups in total. The molecule has 0 aliphatic carbocycles. The van der Waals surface area contributed by atoms with Gasteiger partial charge in [-0.2, -0.15) is 0 Å². The summed E-state index contributed by atoms with van der Waals surface area (Å²) in [6, 6.07) is 10.4. The number of para-hydroxylation sites is 1. The van der Waals surface area contributed by atoms with Crippen LogP contribution in [0.15, 0.2) is 60.1 Å². The van der Waals surface area contributed by atoms with Gasteiger partial charge < -0.3 is 10.3 Å². The lowest BCUT2D eigenvalue weighted by atomic mass is 10.1. The molecule has 4 aromatic rings. The average molecular weight is 487 g/mol. The largest absolute Gasteiger partial charge is 0.383 e.